The minimum Gasteiger partial charge on any atom is -0.480 e. The highest BCUT2D eigenvalue weighted by molar-refractivity contribution is 7.98. The summed E-state index contributed by atoms with van der Waals surface area (Å²) in [4.78, 5) is 24.0. The summed E-state index contributed by atoms with van der Waals surface area (Å²) in [5.41, 5.74) is 0. The molecule has 0 fully saturated rings. The fraction of sp³-hybridized carbons (Fsp3) is 0.800. The number of carbonyl (C=O) groups excluding carboxylic acids is 1. The van der Waals surface area contributed by atoms with Crippen LogP contribution in [0.15, 0.2) is 0 Å². The van der Waals surface area contributed by atoms with Crippen LogP contribution in [0.4, 0.5) is 4.79 Å². The number of nitrogens with one attached hydrogen (secondary N) is 1. The van der Waals surface area contributed by atoms with Gasteiger partial charge in [0.2, 0.25) is 0 Å². The van der Waals surface area contributed by atoms with E-state index in [1.165, 1.54) is 4.90 Å². The Kier molecular flexibility index (Phi) is 6.96. The minimum atomic E-state index is -0.987. The fourth-order valence-electron chi connectivity index (χ4n) is 0.978. The van der Waals surface area contributed by atoms with Gasteiger partial charge in [-0.2, -0.15) is 11.8 Å². The van der Waals surface area contributed by atoms with E-state index in [4.69, 9.17) is 5.11 Å². The second-order valence-electron chi connectivity index (χ2n) is 3.83. The normalized spacial score (nSPS) is 12.3. The van der Waals surface area contributed by atoms with E-state index in [1.54, 1.807) is 18.8 Å². The molecule has 0 saturated heterocycles. The summed E-state index contributed by atoms with van der Waals surface area (Å²) >= 11 is 1.56. The SMILES string of the molecule is CSCC[C@H](NC(=O)N(C)C(C)C)C(=O)O. The van der Waals surface area contributed by atoms with Gasteiger partial charge in [-0.15, -0.1) is 0 Å². The van der Waals surface area contributed by atoms with Crippen LogP contribution >= 0.6 is 11.8 Å². The standard InChI is InChI=1S/C10H20N2O3S/c1-7(2)12(3)10(15)11-8(9(13)14)5-6-16-4/h7-8H,5-6H2,1-4H3,(H,11,15)(H,13,14)/t8-/m0/s1. The van der Waals surface area contributed by atoms with E-state index in [0.29, 0.717) is 12.2 Å². The van der Waals surface area contributed by atoms with Gasteiger partial charge < -0.3 is 15.3 Å². The summed E-state index contributed by atoms with van der Waals surface area (Å²) in [6, 6.07) is -1.10. The van der Waals surface area contributed by atoms with Gasteiger partial charge in [-0.1, -0.05) is 0 Å². The fourth-order valence-corrected chi connectivity index (χ4v) is 1.45. The first-order chi connectivity index (χ1) is 7.40. The van der Waals surface area contributed by atoms with Crippen molar-refractivity contribution in [2.45, 2.75) is 32.4 Å². The zero-order chi connectivity index (χ0) is 12.7. The molecule has 0 saturated carbocycles. The monoisotopic (exact) mass is 248 g/mol. The number of hydrogen-bond donors (Lipinski definition) is 2. The molecule has 0 bridgehead atoms. The quantitative estimate of drug-likeness (QED) is 0.742. The van der Waals surface area contributed by atoms with Crippen molar-refractivity contribution < 1.29 is 14.7 Å². The Morgan fingerprint density at radius 3 is 2.38 bits per heavy atom. The van der Waals surface area contributed by atoms with E-state index in [0.717, 1.165) is 0 Å². The largest absolute Gasteiger partial charge is 0.480 e. The molecule has 5 nitrogen and oxygen atoms in total. The van der Waals surface area contributed by atoms with Crippen LogP contribution in [0.2, 0.25) is 0 Å². The number of carbonyl (C=O) groups is 2. The van der Waals surface area contributed by atoms with Crippen LogP contribution in [0.1, 0.15) is 20.3 Å². The molecule has 0 aliphatic heterocycles. The number of amides is 2. The number of carboxylic acid groups (broad SMARTS) is 1. The molecule has 0 aromatic heterocycles. The highest BCUT2D eigenvalue weighted by atomic mass is 32.2. The Labute approximate surface area is 101 Å². The van der Waals surface area contributed by atoms with Gasteiger partial charge in [-0.3, -0.25) is 0 Å². The van der Waals surface area contributed by atoms with E-state index in [-0.39, 0.29) is 12.1 Å². The molecule has 0 aromatic rings. The van der Waals surface area contributed by atoms with Gasteiger partial charge >= 0.3 is 12.0 Å². The summed E-state index contributed by atoms with van der Waals surface area (Å²) in [6.07, 6.45) is 2.34. The number of aliphatic carboxylic acids is 1. The first-order valence-electron chi connectivity index (χ1n) is 5.15. The molecule has 2 amide bonds. The van der Waals surface area contributed by atoms with Crippen molar-refractivity contribution >= 4 is 23.8 Å². The zero-order valence-corrected chi connectivity index (χ0v) is 11.0. The zero-order valence-electron chi connectivity index (χ0n) is 10.2. The molecular weight excluding hydrogens is 228 g/mol. The summed E-state index contributed by atoms with van der Waals surface area (Å²) in [6.45, 7) is 3.74. The molecule has 0 aliphatic rings. The van der Waals surface area contributed by atoms with Gasteiger partial charge in [0.25, 0.3) is 0 Å². The maximum Gasteiger partial charge on any atom is 0.326 e. The van der Waals surface area contributed by atoms with Crippen LogP contribution < -0.4 is 5.32 Å². The van der Waals surface area contributed by atoms with Crippen LogP contribution in [0.25, 0.3) is 0 Å². The topological polar surface area (TPSA) is 69.6 Å². The lowest BCUT2D eigenvalue weighted by molar-refractivity contribution is -0.139. The molecule has 0 spiro atoms. The summed E-state index contributed by atoms with van der Waals surface area (Å²) in [5.74, 6) is -0.276. The minimum absolute atomic E-state index is 0.0509. The number of rotatable bonds is 6. The van der Waals surface area contributed by atoms with Crippen molar-refractivity contribution in [3.8, 4) is 0 Å². The van der Waals surface area contributed by atoms with E-state index in [9.17, 15) is 9.59 Å². The molecule has 0 rings (SSSR count). The maximum atomic E-state index is 11.6. The number of hydrogen-bond acceptors (Lipinski definition) is 3. The van der Waals surface area contributed by atoms with Crippen molar-refractivity contribution in [2.75, 3.05) is 19.1 Å². The lowest BCUT2D eigenvalue weighted by atomic mass is 10.2. The summed E-state index contributed by atoms with van der Waals surface area (Å²) in [7, 11) is 1.65. The summed E-state index contributed by atoms with van der Waals surface area (Å²) < 4.78 is 0. The van der Waals surface area contributed by atoms with Gasteiger partial charge in [0, 0.05) is 13.1 Å². The molecule has 0 aliphatic carbocycles. The smallest absolute Gasteiger partial charge is 0.326 e. The number of thioether (sulfide) groups is 1. The predicted molar refractivity (Wildman–Crippen MR) is 65.9 cm³/mol. The molecule has 0 heterocycles. The molecule has 6 heteroatoms. The van der Waals surface area contributed by atoms with Crippen molar-refractivity contribution in [2.24, 2.45) is 0 Å². The third-order valence-corrected chi connectivity index (χ3v) is 2.95. The Morgan fingerprint density at radius 1 is 1.44 bits per heavy atom. The molecule has 16 heavy (non-hydrogen) atoms. The van der Waals surface area contributed by atoms with Gasteiger partial charge in [0.05, 0.1) is 0 Å². The Morgan fingerprint density at radius 2 is 2.00 bits per heavy atom. The Balaban J connectivity index is 4.28. The lowest BCUT2D eigenvalue weighted by Gasteiger charge is -2.24. The second-order valence-corrected chi connectivity index (χ2v) is 4.81. The van der Waals surface area contributed by atoms with Crippen LogP contribution in [0.5, 0.6) is 0 Å². The highest BCUT2D eigenvalue weighted by Crippen LogP contribution is 2.02. The van der Waals surface area contributed by atoms with Crippen LogP contribution in [0, 0.1) is 0 Å². The number of nitrogens with zero attached hydrogens (tertiary/aromatic N) is 1. The van der Waals surface area contributed by atoms with Crippen molar-refractivity contribution in [3.05, 3.63) is 0 Å². The van der Waals surface area contributed by atoms with E-state index >= 15 is 0 Å². The third kappa shape index (κ3) is 5.25. The van der Waals surface area contributed by atoms with Gasteiger partial charge in [-0.05, 0) is 32.3 Å². The average Bonchev–Trinajstić information content (AvgIpc) is 2.21. The summed E-state index contributed by atoms with van der Waals surface area (Å²) in [5, 5.41) is 11.4. The number of urea groups is 1. The number of carboxylic acids is 1. The van der Waals surface area contributed by atoms with Gasteiger partial charge in [-0.25, -0.2) is 9.59 Å². The molecule has 0 unspecified atom stereocenters. The van der Waals surface area contributed by atoms with Crippen LogP contribution in [0.3, 0.4) is 0 Å². The maximum absolute atomic E-state index is 11.6. The van der Waals surface area contributed by atoms with E-state index in [2.05, 4.69) is 5.32 Å². The molecule has 1 atom stereocenters. The van der Waals surface area contributed by atoms with Gasteiger partial charge in [0.1, 0.15) is 6.04 Å². The molecule has 0 radical (unpaired) electrons. The highest BCUT2D eigenvalue weighted by Gasteiger charge is 2.21. The van der Waals surface area contributed by atoms with Crippen molar-refractivity contribution in [1.29, 1.82) is 0 Å². The van der Waals surface area contributed by atoms with Crippen LogP contribution in [-0.2, 0) is 4.79 Å². The third-order valence-electron chi connectivity index (χ3n) is 2.30. The second kappa shape index (κ2) is 7.38. The van der Waals surface area contributed by atoms with Gasteiger partial charge in [0.15, 0.2) is 0 Å². The van der Waals surface area contributed by atoms with E-state index < -0.39 is 12.0 Å². The molecule has 94 valence electrons. The van der Waals surface area contributed by atoms with Crippen molar-refractivity contribution in [3.63, 3.8) is 0 Å². The Bertz CT molecular complexity index is 246. The first kappa shape index (κ1) is 15.1. The lowest BCUT2D eigenvalue weighted by Crippen LogP contribution is -2.48. The van der Waals surface area contributed by atoms with Crippen LogP contribution in [-0.4, -0.2) is 53.1 Å². The Hall–Kier alpha value is -0.910. The van der Waals surface area contributed by atoms with E-state index in [1.807, 2.05) is 20.1 Å². The van der Waals surface area contributed by atoms with Crippen molar-refractivity contribution in [1.82, 2.24) is 10.2 Å². The predicted octanol–water partition coefficient (Wildman–Crippen LogP) is 1.24. The molecule has 2 N–H and O–H groups in total. The molecule has 0 aromatic carbocycles. The molecular formula is C10H20N2O3S. The average molecular weight is 248 g/mol. The first-order valence-corrected chi connectivity index (χ1v) is 6.54.